The van der Waals surface area contributed by atoms with Crippen molar-refractivity contribution >= 4 is 5.97 Å². The molecule has 62 heavy (non-hydrogen) atoms. The van der Waals surface area contributed by atoms with Crippen LogP contribution in [0.5, 0.6) is 0 Å². The standard InChI is InChI=1S/C48H55O8.C5H5.Fe/c1-37(47(49)51-30-18-6-15-19-38-20-16-17-21-38)31-55-48-46(54-35-42-28-13-5-14-29-42)45(53-34-41-26-11-4-12-27-41)44(52-33-40-24-9-3-10-25-40)43(56-48)36-50-32-39-22-7-2-8-23-39;1-2-4-5-3-1;/h2-5,7-14,16-17,20-29,37,43-46,48H,6,15,18-19,30-36H2,1H3;1-5H;/q2*-1;+2/t37-,43-,44-,45+,46+,48+;;/m1../s1. The molecule has 1 aliphatic heterocycles. The number of esters is 1. The van der Waals surface area contributed by atoms with Crippen LogP contribution in [0.2, 0.25) is 0 Å². The number of hydrogen-bond acceptors (Lipinski definition) is 8. The summed E-state index contributed by atoms with van der Waals surface area (Å²) >= 11 is 0. The van der Waals surface area contributed by atoms with Crippen molar-refractivity contribution in [1.29, 1.82) is 0 Å². The molecule has 6 aromatic rings. The third-order valence-electron chi connectivity index (χ3n) is 10.4. The minimum Gasteiger partial charge on any atom is -0.465 e. The van der Waals surface area contributed by atoms with E-state index in [0.29, 0.717) is 33.0 Å². The normalized spacial score (nSPS) is 18.8. The van der Waals surface area contributed by atoms with Crippen LogP contribution in [-0.2, 0) is 87.9 Å². The summed E-state index contributed by atoms with van der Waals surface area (Å²) in [5, 5.41) is 0. The third-order valence-corrected chi connectivity index (χ3v) is 10.4. The number of ether oxygens (including phenoxy) is 7. The molecule has 0 aliphatic carbocycles. The van der Waals surface area contributed by atoms with Gasteiger partial charge in [-0.15, -0.1) is 0 Å². The number of carbonyl (C=O) groups excluding carboxylic acids is 1. The van der Waals surface area contributed by atoms with E-state index in [9.17, 15) is 4.79 Å². The molecule has 0 amide bonds. The Balaban J connectivity index is 0.00000113. The Morgan fingerprint density at radius 2 is 1.11 bits per heavy atom. The fraction of sp³-hybridized carbons (Fsp3) is 0.340. The van der Waals surface area contributed by atoms with Crippen LogP contribution < -0.4 is 0 Å². The van der Waals surface area contributed by atoms with E-state index in [4.69, 9.17) is 33.2 Å². The first kappa shape index (κ1) is 48.4. The van der Waals surface area contributed by atoms with Gasteiger partial charge in [0.05, 0.1) is 52.2 Å². The molecule has 0 bridgehead atoms. The van der Waals surface area contributed by atoms with Gasteiger partial charge in [-0.3, -0.25) is 4.79 Å². The van der Waals surface area contributed by atoms with Crippen LogP contribution in [0.3, 0.4) is 0 Å². The second-order valence-corrected chi connectivity index (χ2v) is 15.3. The largest absolute Gasteiger partial charge is 2.00 e. The molecule has 6 aromatic carbocycles. The monoisotopic (exact) mass is 880 g/mol. The van der Waals surface area contributed by atoms with Crippen molar-refractivity contribution in [3.8, 4) is 0 Å². The van der Waals surface area contributed by atoms with Gasteiger partial charge < -0.3 is 33.2 Å². The molecule has 7 rings (SSSR count). The van der Waals surface area contributed by atoms with Crippen molar-refractivity contribution < 1.29 is 55.0 Å². The maximum absolute atomic E-state index is 13.1. The second-order valence-electron chi connectivity index (χ2n) is 15.3. The van der Waals surface area contributed by atoms with Gasteiger partial charge in [0.1, 0.15) is 24.4 Å². The molecule has 1 heterocycles. The number of rotatable bonds is 23. The molecule has 0 unspecified atom stereocenters. The molecule has 0 aromatic heterocycles. The van der Waals surface area contributed by atoms with Crippen molar-refractivity contribution in [3.05, 3.63) is 204 Å². The van der Waals surface area contributed by atoms with Gasteiger partial charge in [-0.25, -0.2) is 24.3 Å². The molecule has 0 radical (unpaired) electrons. The summed E-state index contributed by atoms with van der Waals surface area (Å²) in [4.78, 5) is 13.1. The molecular formula is C53H60FeO8. The minimum absolute atomic E-state index is 0. The Kier molecular flexibility index (Phi) is 21.9. The molecular weight excluding hydrogens is 820 g/mol. The van der Waals surface area contributed by atoms with Crippen LogP contribution in [0.25, 0.3) is 0 Å². The van der Waals surface area contributed by atoms with Gasteiger partial charge in [-0.05, 0) is 42.0 Å². The van der Waals surface area contributed by atoms with E-state index >= 15 is 0 Å². The Bertz CT molecular complexity index is 1960. The molecule has 6 atom stereocenters. The average molecular weight is 881 g/mol. The Labute approximate surface area is 378 Å². The number of unbranched alkanes of at least 4 members (excludes halogenated alkanes) is 2. The summed E-state index contributed by atoms with van der Waals surface area (Å²) in [6.07, 6.45) is 0.501. The van der Waals surface area contributed by atoms with E-state index in [2.05, 4.69) is 24.3 Å². The molecule has 8 nitrogen and oxygen atoms in total. The van der Waals surface area contributed by atoms with Crippen molar-refractivity contribution in [2.45, 2.75) is 89.7 Å². The molecule has 0 spiro atoms. The molecule has 1 saturated heterocycles. The zero-order valence-electron chi connectivity index (χ0n) is 35.6. The molecule has 328 valence electrons. The van der Waals surface area contributed by atoms with E-state index in [-0.39, 0.29) is 36.3 Å². The van der Waals surface area contributed by atoms with Gasteiger partial charge in [0, 0.05) is 0 Å². The van der Waals surface area contributed by atoms with Gasteiger partial charge >= 0.3 is 23.0 Å². The topological polar surface area (TPSA) is 81.7 Å². The van der Waals surface area contributed by atoms with Gasteiger partial charge in [0.25, 0.3) is 0 Å². The van der Waals surface area contributed by atoms with Crippen LogP contribution in [0.4, 0.5) is 0 Å². The van der Waals surface area contributed by atoms with Crippen LogP contribution in [-0.4, -0.2) is 56.5 Å². The summed E-state index contributed by atoms with van der Waals surface area (Å²) in [6, 6.07) is 58.5. The first-order valence-corrected chi connectivity index (χ1v) is 21.5. The zero-order valence-corrected chi connectivity index (χ0v) is 36.7. The number of carbonyl (C=O) groups is 1. The summed E-state index contributed by atoms with van der Waals surface area (Å²) in [7, 11) is 0. The summed E-state index contributed by atoms with van der Waals surface area (Å²) in [5.41, 5.74) is 5.42. The molecule has 9 heteroatoms. The fourth-order valence-electron chi connectivity index (χ4n) is 7.01. The molecule has 0 N–H and O–H groups in total. The summed E-state index contributed by atoms with van der Waals surface area (Å²) in [6.45, 7) is 3.84. The maximum atomic E-state index is 13.1. The van der Waals surface area contributed by atoms with Crippen molar-refractivity contribution in [2.75, 3.05) is 19.8 Å². The summed E-state index contributed by atoms with van der Waals surface area (Å²) < 4.78 is 45.5. The molecule has 1 aliphatic rings. The second kappa shape index (κ2) is 28.1. The van der Waals surface area contributed by atoms with Crippen LogP contribution in [0.1, 0.15) is 54.0 Å². The van der Waals surface area contributed by atoms with E-state index in [1.54, 1.807) is 0 Å². The Morgan fingerprint density at radius 3 is 1.63 bits per heavy atom. The van der Waals surface area contributed by atoms with Gasteiger partial charge in [0.15, 0.2) is 6.29 Å². The Hall–Kier alpha value is -4.67. The SMILES string of the molecule is C[C@H](CO[C@H]1O[C@H](COCc2ccccc2)[C@@H](OCc2ccccc2)[C@H](OCc2ccccc2)[C@@H]1OCc1ccccc1)C(=O)OCCCCCc1ccc[cH-]1.[Fe+2].c1cc[cH-]c1. The third kappa shape index (κ3) is 16.9. The average Bonchev–Trinajstić information content (AvgIpc) is 4.08. The smallest absolute Gasteiger partial charge is 0.465 e. The molecule has 0 saturated carbocycles. The minimum atomic E-state index is -0.896. The quantitative estimate of drug-likeness (QED) is 0.0272. The molecule has 1 fully saturated rings. The van der Waals surface area contributed by atoms with E-state index in [1.165, 1.54) is 5.56 Å². The predicted octanol–water partition coefficient (Wildman–Crippen LogP) is 10.4. The van der Waals surface area contributed by atoms with E-state index < -0.39 is 36.6 Å². The summed E-state index contributed by atoms with van der Waals surface area (Å²) in [5.74, 6) is -0.830. The number of aryl methyl sites for hydroxylation is 1. The van der Waals surface area contributed by atoms with Gasteiger partial charge in [-0.1, -0.05) is 134 Å². The fourth-order valence-corrected chi connectivity index (χ4v) is 7.01. The maximum Gasteiger partial charge on any atom is 2.00 e. The van der Waals surface area contributed by atoms with E-state index in [1.807, 2.05) is 159 Å². The number of benzene rings is 4. The Morgan fingerprint density at radius 1 is 0.581 bits per heavy atom. The van der Waals surface area contributed by atoms with E-state index in [0.717, 1.165) is 47.9 Å². The van der Waals surface area contributed by atoms with Crippen molar-refractivity contribution in [3.63, 3.8) is 0 Å². The van der Waals surface area contributed by atoms with Crippen LogP contribution in [0.15, 0.2) is 176 Å². The van der Waals surface area contributed by atoms with Gasteiger partial charge in [-0.2, -0.15) is 35.9 Å². The van der Waals surface area contributed by atoms with Crippen molar-refractivity contribution in [2.24, 2.45) is 5.92 Å². The number of hydrogen-bond donors (Lipinski definition) is 0. The zero-order chi connectivity index (χ0) is 42.2. The predicted molar refractivity (Wildman–Crippen MR) is 238 cm³/mol. The first-order valence-electron chi connectivity index (χ1n) is 21.5. The van der Waals surface area contributed by atoms with Gasteiger partial charge in [0.2, 0.25) is 0 Å². The van der Waals surface area contributed by atoms with Crippen molar-refractivity contribution in [1.82, 2.24) is 0 Å². The van der Waals surface area contributed by atoms with Crippen LogP contribution in [0, 0.1) is 5.92 Å². The van der Waals surface area contributed by atoms with Crippen LogP contribution >= 0.6 is 0 Å². The first-order chi connectivity index (χ1) is 30.1.